The number of benzene rings is 1. The zero-order valence-electron chi connectivity index (χ0n) is 12.5. The van der Waals surface area contributed by atoms with Gasteiger partial charge in [-0.15, -0.1) is 0 Å². The minimum absolute atomic E-state index is 0.0620. The predicted molar refractivity (Wildman–Crippen MR) is 85.3 cm³/mol. The number of nitrogens with zero attached hydrogens (tertiary/aromatic N) is 2. The lowest BCUT2D eigenvalue weighted by molar-refractivity contribution is -0.124. The van der Waals surface area contributed by atoms with Crippen LogP contribution in [0.15, 0.2) is 48.8 Å². The SMILES string of the molecule is O=C(CCNc1ncccn1)NC1(c2ccccc2)CCC1. The van der Waals surface area contributed by atoms with Crippen molar-refractivity contribution >= 4 is 11.9 Å². The van der Waals surface area contributed by atoms with Crippen LogP contribution in [0.3, 0.4) is 0 Å². The molecule has 0 saturated heterocycles. The van der Waals surface area contributed by atoms with Gasteiger partial charge in [-0.1, -0.05) is 30.3 Å². The zero-order valence-corrected chi connectivity index (χ0v) is 12.5. The van der Waals surface area contributed by atoms with Gasteiger partial charge in [0.05, 0.1) is 5.54 Å². The number of nitrogens with one attached hydrogen (secondary N) is 2. The predicted octanol–water partition coefficient (Wildman–Crippen LogP) is 2.47. The summed E-state index contributed by atoms with van der Waals surface area (Å²) >= 11 is 0. The smallest absolute Gasteiger partial charge is 0.222 e. The van der Waals surface area contributed by atoms with Crippen molar-refractivity contribution in [1.82, 2.24) is 15.3 Å². The van der Waals surface area contributed by atoms with Crippen LogP contribution < -0.4 is 10.6 Å². The van der Waals surface area contributed by atoms with Crippen molar-refractivity contribution in [2.75, 3.05) is 11.9 Å². The third-order valence-electron chi connectivity index (χ3n) is 4.11. The highest BCUT2D eigenvalue weighted by Crippen LogP contribution is 2.41. The average Bonchev–Trinajstić information content (AvgIpc) is 2.53. The standard InChI is InChI=1S/C17H20N4O/c22-15(8-13-20-16-18-11-5-12-19-16)21-17(9-4-10-17)14-6-2-1-3-7-14/h1-3,5-7,11-12H,4,8-10,13H2,(H,21,22)(H,18,19,20). The van der Waals surface area contributed by atoms with Crippen molar-refractivity contribution in [3.63, 3.8) is 0 Å². The monoisotopic (exact) mass is 296 g/mol. The molecule has 0 aliphatic heterocycles. The Bertz CT molecular complexity index is 611. The number of hydrogen-bond donors (Lipinski definition) is 2. The van der Waals surface area contributed by atoms with Crippen LogP contribution in [-0.2, 0) is 10.3 Å². The van der Waals surface area contributed by atoms with Crippen LogP contribution in [0.25, 0.3) is 0 Å². The lowest BCUT2D eigenvalue weighted by atomic mass is 9.71. The van der Waals surface area contributed by atoms with E-state index in [1.165, 1.54) is 5.56 Å². The van der Waals surface area contributed by atoms with E-state index in [1.54, 1.807) is 18.5 Å². The number of aromatic nitrogens is 2. The highest BCUT2D eigenvalue weighted by molar-refractivity contribution is 5.77. The maximum Gasteiger partial charge on any atom is 0.222 e. The fourth-order valence-corrected chi connectivity index (χ4v) is 2.78. The van der Waals surface area contributed by atoms with Gasteiger partial charge in [-0.2, -0.15) is 0 Å². The number of carbonyl (C=O) groups excluding carboxylic acids is 1. The number of carbonyl (C=O) groups is 1. The molecule has 22 heavy (non-hydrogen) atoms. The van der Waals surface area contributed by atoms with Gasteiger partial charge in [0.1, 0.15) is 0 Å². The third kappa shape index (κ3) is 3.24. The van der Waals surface area contributed by atoms with E-state index in [-0.39, 0.29) is 11.4 Å². The molecule has 1 aliphatic rings. The van der Waals surface area contributed by atoms with Crippen molar-refractivity contribution < 1.29 is 4.79 Å². The van der Waals surface area contributed by atoms with E-state index in [2.05, 4.69) is 32.7 Å². The second-order valence-electron chi connectivity index (χ2n) is 5.60. The molecule has 1 aromatic carbocycles. The zero-order chi connectivity index (χ0) is 15.3. The van der Waals surface area contributed by atoms with Crippen LogP contribution >= 0.6 is 0 Å². The Morgan fingerprint density at radius 3 is 2.45 bits per heavy atom. The lowest BCUT2D eigenvalue weighted by Gasteiger charge is -2.43. The first-order valence-electron chi connectivity index (χ1n) is 7.66. The van der Waals surface area contributed by atoms with Gasteiger partial charge in [0.25, 0.3) is 0 Å². The van der Waals surface area contributed by atoms with E-state index in [0.717, 1.165) is 19.3 Å². The summed E-state index contributed by atoms with van der Waals surface area (Å²) in [5.41, 5.74) is 1.04. The van der Waals surface area contributed by atoms with Crippen LogP contribution in [-0.4, -0.2) is 22.4 Å². The first-order valence-corrected chi connectivity index (χ1v) is 7.66. The van der Waals surface area contributed by atoms with Crippen molar-refractivity contribution in [3.05, 3.63) is 54.4 Å². The maximum absolute atomic E-state index is 12.2. The Labute approximate surface area is 130 Å². The molecule has 0 bridgehead atoms. The Kier molecular flexibility index (Phi) is 4.32. The highest BCUT2D eigenvalue weighted by Gasteiger charge is 2.39. The van der Waals surface area contributed by atoms with Crippen LogP contribution in [0.1, 0.15) is 31.2 Å². The van der Waals surface area contributed by atoms with Gasteiger partial charge >= 0.3 is 0 Å². The molecule has 0 atom stereocenters. The molecule has 1 aromatic heterocycles. The Morgan fingerprint density at radius 1 is 1.09 bits per heavy atom. The highest BCUT2D eigenvalue weighted by atomic mass is 16.1. The van der Waals surface area contributed by atoms with Gasteiger partial charge in [0.2, 0.25) is 11.9 Å². The average molecular weight is 296 g/mol. The first-order chi connectivity index (χ1) is 10.8. The lowest BCUT2D eigenvalue weighted by Crippen LogP contribution is -2.51. The molecule has 2 N–H and O–H groups in total. The van der Waals surface area contributed by atoms with Gasteiger partial charge in [0, 0.05) is 25.4 Å². The number of rotatable bonds is 6. The molecule has 1 fully saturated rings. The Hall–Kier alpha value is -2.43. The topological polar surface area (TPSA) is 66.9 Å². The number of anilines is 1. The summed E-state index contributed by atoms with van der Waals surface area (Å²) in [5, 5.41) is 6.27. The van der Waals surface area contributed by atoms with E-state index in [4.69, 9.17) is 0 Å². The molecule has 1 saturated carbocycles. The summed E-state index contributed by atoms with van der Waals surface area (Å²) in [5.74, 6) is 0.615. The van der Waals surface area contributed by atoms with Crippen LogP contribution in [0.4, 0.5) is 5.95 Å². The fraction of sp³-hybridized carbons (Fsp3) is 0.353. The molecular formula is C17H20N4O. The minimum atomic E-state index is -0.165. The van der Waals surface area contributed by atoms with Gasteiger partial charge in [-0.25, -0.2) is 9.97 Å². The minimum Gasteiger partial charge on any atom is -0.354 e. The first kappa shape index (κ1) is 14.5. The van der Waals surface area contributed by atoms with Gasteiger partial charge in [-0.05, 0) is 30.9 Å². The van der Waals surface area contributed by atoms with Crippen LogP contribution in [0, 0.1) is 0 Å². The summed E-state index contributed by atoms with van der Waals surface area (Å²) < 4.78 is 0. The van der Waals surface area contributed by atoms with Gasteiger partial charge in [0.15, 0.2) is 0 Å². The van der Waals surface area contributed by atoms with Crippen LogP contribution in [0.5, 0.6) is 0 Å². The molecule has 1 aliphatic carbocycles. The van der Waals surface area contributed by atoms with E-state index in [9.17, 15) is 4.79 Å². The molecule has 2 aromatic rings. The second-order valence-corrected chi connectivity index (χ2v) is 5.60. The Morgan fingerprint density at radius 2 is 1.82 bits per heavy atom. The van der Waals surface area contributed by atoms with Crippen LogP contribution in [0.2, 0.25) is 0 Å². The van der Waals surface area contributed by atoms with E-state index in [1.807, 2.05) is 18.2 Å². The quantitative estimate of drug-likeness (QED) is 0.859. The summed E-state index contributed by atoms with van der Waals surface area (Å²) in [6.07, 6.45) is 6.94. The van der Waals surface area contributed by atoms with Gasteiger partial charge < -0.3 is 10.6 Å². The second kappa shape index (κ2) is 6.56. The number of amides is 1. The normalized spacial score (nSPS) is 15.6. The summed E-state index contributed by atoms with van der Waals surface area (Å²) in [6.45, 7) is 0.528. The molecule has 3 rings (SSSR count). The summed E-state index contributed by atoms with van der Waals surface area (Å²) in [6, 6.07) is 12.0. The fourth-order valence-electron chi connectivity index (χ4n) is 2.78. The molecule has 114 valence electrons. The van der Waals surface area contributed by atoms with E-state index < -0.39 is 0 Å². The molecule has 1 amide bonds. The molecular weight excluding hydrogens is 276 g/mol. The maximum atomic E-state index is 12.2. The molecule has 1 heterocycles. The van der Waals surface area contributed by atoms with E-state index in [0.29, 0.717) is 18.9 Å². The molecule has 5 nitrogen and oxygen atoms in total. The molecule has 0 radical (unpaired) electrons. The largest absolute Gasteiger partial charge is 0.354 e. The summed E-state index contributed by atoms with van der Waals surface area (Å²) in [4.78, 5) is 20.4. The number of hydrogen-bond acceptors (Lipinski definition) is 4. The molecule has 0 unspecified atom stereocenters. The van der Waals surface area contributed by atoms with Crippen molar-refractivity contribution in [2.24, 2.45) is 0 Å². The van der Waals surface area contributed by atoms with Crippen molar-refractivity contribution in [1.29, 1.82) is 0 Å². The third-order valence-corrected chi connectivity index (χ3v) is 4.11. The van der Waals surface area contributed by atoms with Crippen molar-refractivity contribution in [2.45, 2.75) is 31.2 Å². The van der Waals surface area contributed by atoms with Gasteiger partial charge in [-0.3, -0.25) is 4.79 Å². The molecule has 0 spiro atoms. The van der Waals surface area contributed by atoms with E-state index >= 15 is 0 Å². The molecule has 5 heteroatoms. The summed E-state index contributed by atoms with van der Waals surface area (Å²) in [7, 11) is 0. The Balaban J connectivity index is 1.53. The van der Waals surface area contributed by atoms with Crippen molar-refractivity contribution in [3.8, 4) is 0 Å².